The van der Waals surface area contributed by atoms with Gasteiger partial charge in [0.2, 0.25) is 0 Å². The normalized spacial score (nSPS) is 22.5. The van der Waals surface area contributed by atoms with Crippen LogP contribution in [0.2, 0.25) is 0 Å². The van der Waals surface area contributed by atoms with Crippen molar-refractivity contribution in [1.82, 2.24) is 15.2 Å². The van der Waals surface area contributed by atoms with Gasteiger partial charge in [-0.2, -0.15) is 0 Å². The molecule has 1 unspecified atom stereocenters. The molecule has 5 heteroatoms. The molecule has 1 aliphatic rings. The molecule has 1 aromatic rings. The van der Waals surface area contributed by atoms with Gasteiger partial charge in [-0.15, -0.1) is 11.3 Å². The van der Waals surface area contributed by atoms with Crippen LogP contribution in [0.1, 0.15) is 22.9 Å². The van der Waals surface area contributed by atoms with E-state index in [0.717, 1.165) is 37.8 Å². The van der Waals surface area contributed by atoms with E-state index in [1.165, 1.54) is 4.88 Å². The van der Waals surface area contributed by atoms with E-state index in [9.17, 15) is 0 Å². The summed E-state index contributed by atoms with van der Waals surface area (Å²) in [7, 11) is 2.13. The topological polar surface area (TPSA) is 37.4 Å². The molecule has 0 saturated carbocycles. The van der Waals surface area contributed by atoms with E-state index < -0.39 is 0 Å². The first-order valence-electron chi connectivity index (χ1n) is 5.75. The average molecular weight is 241 g/mol. The third-order valence-corrected chi connectivity index (χ3v) is 3.76. The van der Waals surface area contributed by atoms with Gasteiger partial charge in [0.1, 0.15) is 11.1 Å². The maximum absolute atomic E-state index is 5.74. The summed E-state index contributed by atoms with van der Waals surface area (Å²) < 4.78 is 5.74. The second-order valence-corrected chi connectivity index (χ2v) is 5.21. The monoisotopic (exact) mass is 241 g/mol. The van der Waals surface area contributed by atoms with Gasteiger partial charge in [-0.05, 0) is 13.6 Å². The van der Waals surface area contributed by atoms with Crippen molar-refractivity contribution in [2.75, 3.05) is 33.3 Å². The third kappa shape index (κ3) is 3.01. The van der Waals surface area contributed by atoms with Crippen LogP contribution in [0.15, 0.2) is 6.20 Å². The van der Waals surface area contributed by atoms with Gasteiger partial charge >= 0.3 is 0 Å². The van der Waals surface area contributed by atoms with Crippen LogP contribution in [0, 0.1) is 0 Å². The van der Waals surface area contributed by atoms with Gasteiger partial charge < -0.3 is 15.0 Å². The number of ether oxygens (including phenoxy) is 1. The van der Waals surface area contributed by atoms with Crippen LogP contribution in [0.5, 0.6) is 0 Å². The Morgan fingerprint density at radius 1 is 1.69 bits per heavy atom. The number of morpholine rings is 1. The number of aromatic nitrogens is 1. The van der Waals surface area contributed by atoms with E-state index in [0.29, 0.717) is 0 Å². The standard InChI is InChI=1S/C11H19N3OS/c1-3-12-6-9-7-13-11(16-9)10-8-14(2)4-5-15-10/h7,10,12H,3-6,8H2,1-2H3. The SMILES string of the molecule is CCNCc1cnc(C2CN(C)CCO2)s1. The minimum Gasteiger partial charge on any atom is -0.368 e. The van der Waals surface area contributed by atoms with E-state index in [-0.39, 0.29) is 6.10 Å². The van der Waals surface area contributed by atoms with E-state index in [4.69, 9.17) is 4.74 Å². The minimum atomic E-state index is 0.166. The number of nitrogens with one attached hydrogen (secondary N) is 1. The summed E-state index contributed by atoms with van der Waals surface area (Å²) in [6, 6.07) is 0. The third-order valence-electron chi connectivity index (χ3n) is 2.67. The summed E-state index contributed by atoms with van der Waals surface area (Å²) in [6.45, 7) is 6.80. The van der Waals surface area contributed by atoms with Crippen LogP contribution in [0.25, 0.3) is 0 Å². The summed E-state index contributed by atoms with van der Waals surface area (Å²) >= 11 is 1.76. The number of hydrogen-bond acceptors (Lipinski definition) is 5. The number of hydrogen-bond donors (Lipinski definition) is 1. The van der Waals surface area contributed by atoms with Crippen LogP contribution in [-0.4, -0.2) is 43.2 Å². The van der Waals surface area contributed by atoms with Crippen molar-refractivity contribution in [3.8, 4) is 0 Å². The smallest absolute Gasteiger partial charge is 0.123 e. The van der Waals surface area contributed by atoms with E-state index in [2.05, 4.69) is 29.2 Å². The lowest BCUT2D eigenvalue weighted by Crippen LogP contribution is -2.35. The largest absolute Gasteiger partial charge is 0.368 e. The highest BCUT2D eigenvalue weighted by Gasteiger charge is 2.22. The Labute approximate surface area is 101 Å². The Morgan fingerprint density at radius 3 is 3.31 bits per heavy atom. The molecular weight excluding hydrogens is 222 g/mol. The van der Waals surface area contributed by atoms with Gasteiger partial charge in [0, 0.05) is 30.7 Å². The fourth-order valence-corrected chi connectivity index (χ4v) is 2.66. The molecule has 1 aliphatic heterocycles. The number of likely N-dealkylation sites (N-methyl/N-ethyl adjacent to an activating group) is 1. The molecule has 1 N–H and O–H groups in total. The van der Waals surface area contributed by atoms with Crippen LogP contribution >= 0.6 is 11.3 Å². The Bertz CT molecular complexity index is 329. The number of rotatable bonds is 4. The van der Waals surface area contributed by atoms with Crippen molar-refractivity contribution >= 4 is 11.3 Å². The molecule has 0 aliphatic carbocycles. The first kappa shape index (κ1) is 12.0. The zero-order valence-electron chi connectivity index (χ0n) is 9.90. The quantitative estimate of drug-likeness (QED) is 0.861. The van der Waals surface area contributed by atoms with Gasteiger partial charge in [0.25, 0.3) is 0 Å². The molecular formula is C11H19N3OS. The molecule has 0 aromatic carbocycles. The lowest BCUT2D eigenvalue weighted by atomic mass is 10.3. The molecule has 1 fully saturated rings. The molecule has 2 rings (SSSR count). The molecule has 0 spiro atoms. The first-order chi connectivity index (χ1) is 7.79. The molecule has 0 amide bonds. The van der Waals surface area contributed by atoms with Crippen molar-refractivity contribution in [3.63, 3.8) is 0 Å². The van der Waals surface area contributed by atoms with E-state index >= 15 is 0 Å². The fourth-order valence-electron chi connectivity index (χ4n) is 1.73. The highest BCUT2D eigenvalue weighted by Crippen LogP contribution is 2.25. The van der Waals surface area contributed by atoms with Crippen LogP contribution in [-0.2, 0) is 11.3 Å². The first-order valence-corrected chi connectivity index (χ1v) is 6.56. The molecule has 1 aromatic heterocycles. The molecule has 1 saturated heterocycles. The lowest BCUT2D eigenvalue weighted by Gasteiger charge is -2.28. The number of nitrogens with zero attached hydrogens (tertiary/aromatic N) is 2. The Hall–Kier alpha value is -0.490. The van der Waals surface area contributed by atoms with Gasteiger partial charge in [0.15, 0.2) is 0 Å². The van der Waals surface area contributed by atoms with Crippen LogP contribution < -0.4 is 5.32 Å². The molecule has 0 bridgehead atoms. The lowest BCUT2D eigenvalue weighted by molar-refractivity contribution is -0.0209. The zero-order chi connectivity index (χ0) is 11.4. The second kappa shape index (κ2) is 5.72. The number of thiazole rings is 1. The fraction of sp³-hybridized carbons (Fsp3) is 0.727. The average Bonchev–Trinajstić information content (AvgIpc) is 2.75. The van der Waals surface area contributed by atoms with Gasteiger partial charge in [-0.25, -0.2) is 4.98 Å². The zero-order valence-corrected chi connectivity index (χ0v) is 10.7. The summed E-state index contributed by atoms with van der Waals surface area (Å²) in [5, 5.41) is 4.42. The summed E-state index contributed by atoms with van der Waals surface area (Å²) in [4.78, 5) is 8.03. The predicted molar refractivity (Wildman–Crippen MR) is 65.7 cm³/mol. The van der Waals surface area contributed by atoms with Gasteiger partial charge in [0.05, 0.1) is 6.61 Å². The van der Waals surface area contributed by atoms with Crippen LogP contribution in [0.4, 0.5) is 0 Å². The van der Waals surface area contributed by atoms with Gasteiger partial charge in [-0.3, -0.25) is 0 Å². The molecule has 2 heterocycles. The molecule has 16 heavy (non-hydrogen) atoms. The molecule has 4 nitrogen and oxygen atoms in total. The second-order valence-electron chi connectivity index (χ2n) is 4.07. The van der Waals surface area contributed by atoms with Crippen molar-refractivity contribution < 1.29 is 4.74 Å². The van der Waals surface area contributed by atoms with Crippen molar-refractivity contribution in [2.45, 2.75) is 19.6 Å². The molecule has 0 radical (unpaired) electrons. The highest BCUT2D eigenvalue weighted by atomic mass is 32.1. The van der Waals surface area contributed by atoms with Crippen molar-refractivity contribution in [1.29, 1.82) is 0 Å². The minimum absolute atomic E-state index is 0.166. The summed E-state index contributed by atoms with van der Waals surface area (Å²) in [5.74, 6) is 0. The molecule has 90 valence electrons. The summed E-state index contributed by atoms with van der Waals surface area (Å²) in [6.07, 6.45) is 2.12. The Balaban J connectivity index is 1.95. The van der Waals surface area contributed by atoms with E-state index in [1.54, 1.807) is 11.3 Å². The summed E-state index contributed by atoms with van der Waals surface area (Å²) in [5.41, 5.74) is 0. The van der Waals surface area contributed by atoms with E-state index in [1.807, 2.05) is 6.20 Å². The Morgan fingerprint density at radius 2 is 2.56 bits per heavy atom. The predicted octanol–water partition coefficient (Wildman–Crippen LogP) is 1.26. The van der Waals surface area contributed by atoms with Crippen molar-refractivity contribution in [3.05, 3.63) is 16.1 Å². The maximum atomic E-state index is 5.74. The van der Waals surface area contributed by atoms with Crippen molar-refractivity contribution in [2.24, 2.45) is 0 Å². The molecule has 1 atom stereocenters. The Kier molecular flexibility index (Phi) is 4.29. The van der Waals surface area contributed by atoms with Crippen LogP contribution in [0.3, 0.4) is 0 Å². The maximum Gasteiger partial charge on any atom is 0.123 e. The highest BCUT2D eigenvalue weighted by molar-refractivity contribution is 7.11. The van der Waals surface area contributed by atoms with Gasteiger partial charge in [-0.1, -0.05) is 6.92 Å².